The van der Waals surface area contributed by atoms with Crippen LogP contribution in [0.5, 0.6) is 0 Å². The van der Waals surface area contributed by atoms with Crippen LogP contribution in [-0.4, -0.2) is 17.0 Å². The van der Waals surface area contributed by atoms with Gasteiger partial charge in [0.25, 0.3) is 0 Å². The van der Waals surface area contributed by atoms with Crippen LogP contribution in [0.25, 0.3) is 0 Å². The molecule has 0 heterocycles. The van der Waals surface area contributed by atoms with Crippen molar-refractivity contribution in [2.24, 2.45) is 34.5 Å². The van der Waals surface area contributed by atoms with Gasteiger partial charge in [0.1, 0.15) is 0 Å². The van der Waals surface area contributed by atoms with Gasteiger partial charge in [-0.05, 0) is 92.4 Å². The zero-order valence-corrected chi connectivity index (χ0v) is 15.0. The summed E-state index contributed by atoms with van der Waals surface area (Å²) in [5, 5.41) is 10.3. The van der Waals surface area contributed by atoms with Crippen LogP contribution in [0.3, 0.4) is 0 Å². The predicted octanol–water partition coefficient (Wildman–Crippen LogP) is 4.52. The van der Waals surface area contributed by atoms with Crippen molar-refractivity contribution in [3.63, 3.8) is 0 Å². The summed E-state index contributed by atoms with van der Waals surface area (Å²) >= 11 is 0. The van der Waals surface area contributed by atoms with Gasteiger partial charge in [-0.2, -0.15) is 0 Å². The Bertz CT molecular complexity index is 548. The molecule has 0 saturated heterocycles. The second-order valence-electron chi connectivity index (χ2n) is 9.44. The van der Waals surface area contributed by atoms with Gasteiger partial charge < -0.3 is 5.11 Å². The molecular formula is C21H32O2. The largest absolute Gasteiger partial charge is 0.393 e. The van der Waals surface area contributed by atoms with Crippen LogP contribution in [0.1, 0.15) is 72.1 Å². The molecule has 2 heteroatoms. The molecule has 128 valence electrons. The summed E-state index contributed by atoms with van der Waals surface area (Å²) < 4.78 is 0. The van der Waals surface area contributed by atoms with E-state index in [0.29, 0.717) is 17.1 Å². The molecule has 0 radical (unpaired) electrons. The van der Waals surface area contributed by atoms with Gasteiger partial charge in [-0.15, -0.1) is 0 Å². The van der Waals surface area contributed by atoms with Gasteiger partial charge in [-0.25, -0.2) is 0 Å². The second-order valence-corrected chi connectivity index (χ2v) is 9.44. The van der Waals surface area contributed by atoms with Crippen molar-refractivity contribution < 1.29 is 9.90 Å². The quantitative estimate of drug-likeness (QED) is 0.772. The molecule has 0 unspecified atom stereocenters. The molecule has 1 N–H and O–H groups in total. The Morgan fingerprint density at radius 3 is 2.61 bits per heavy atom. The number of fused-ring (bicyclic) bond motifs is 5. The molecule has 0 aromatic carbocycles. The Balaban J connectivity index is 1.66. The minimum Gasteiger partial charge on any atom is -0.393 e. The monoisotopic (exact) mass is 316 g/mol. The predicted molar refractivity (Wildman–Crippen MR) is 91.9 cm³/mol. The Morgan fingerprint density at radius 2 is 1.87 bits per heavy atom. The molecule has 0 bridgehead atoms. The summed E-state index contributed by atoms with van der Waals surface area (Å²) in [5.41, 5.74) is 2.09. The van der Waals surface area contributed by atoms with E-state index in [1.165, 1.54) is 37.7 Å². The minimum atomic E-state index is -0.163. The first-order chi connectivity index (χ1) is 10.9. The number of ketones is 1. The Kier molecular flexibility index (Phi) is 3.58. The van der Waals surface area contributed by atoms with Crippen molar-refractivity contribution in [1.82, 2.24) is 0 Å². The summed E-state index contributed by atoms with van der Waals surface area (Å²) in [4.78, 5) is 11.9. The molecule has 23 heavy (non-hydrogen) atoms. The topological polar surface area (TPSA) is 37.3 Å². The molecule has 4 aliphatic rings. The van der Waals surface area contributed by atoms with Gasteiger partial charge in [0, 0.05) is 6.42 Å². The molecule has 3 fully saturated rings. The number of aliphatic hydroxyl groups is 1. The van der Waals surface area contributed by atoms with E-state index in [1.54, 1.807) is 0 Å². The van der Waals surface area contributed by atoms with Crippen LogP contribution >= 0.6 is 0 Å². The number of carbonyl (C=O) groups is 1. The van der Waals surface area contributed by atoms with Gasteiger partial charge in [-0.1, -0.05) is 19.4 Å². The molecule has 4 aliphatic carbocycles. The molecule has 0 spiro atoms. The maximum Gasteiger partial charge on any atom is 0.155 e. The number of carbonyl (C=O) groups excluding carboxylic acids is 1. The maximum atomic E-state index is 11.9. The highest BCUT2D eigenvalue weighted by molar-refractivity contribution is 5.91. The lowest BCUT2D eigenvalue weighted by molar-refractivity contribution is -0.117. The van der Waals surface area contributed by atoms with E-state index in [-0.39, 0.29) is 11.5 Å². The highest BCUT2D eigenvalue weighted by Gasteiger charge is 2.59. The maximum absolute atomic E-state index is 11.9. The van der Waals surface area contributed by atoms with Crippen molar-refractivity contribution in [2.45, 2.75) is 78.2 Å². The van der Waals surface area contributed by atoms with E-state index in [0.717, 1.165) is 37.0 Å². The van der Waals surface area contributed by atoms with Gasteiger partial charge in [0.2, 0.25) is 0 Å². The third-order valence-electron chi connectivity index (χ3n) is 8.62. The van der Waals surface area contributed by atoms with Gasteiger partial charge in [0.15, 0.2) is 5.78 Å². The first kappa shape index (κ1) is 15.9. The lowest BCUT2D eigenvalue weighted by Gasteiger charge is -2.58. The molecule has 0 aromatic heterocycles. The van der Waals surface area contributed by atoms with Gasteiger partial charge in [-0.3, -0.25) is 4.79 Å². The summed E-state index contributed by atoms with van der Waals surface area (Å²) in [6.45, 7) is 6.92. The van der Waals surface area contributed by atoms with E-state index < -0.39 is 0 Å². The lowest BCUT2D eigenvalue weighted by atomic mass is 9.46. The van der Waals surface area contributed by atoms with Crippen LogP contribution in [-0.2, 0) is 4.79 Å². The van der Waals surface area contributed by atoms with Crippen molar-refractivity contribution in [3.05, 3.63) is 11.6 Å². The summed E-state index contributed by atoms with van der Waals surface area (Å²) in [6.07, 6.45) is 11.1. The SMILES string of the molecule is C[C@H](O)[C@@H]1CC[C@@H]2[C@H]3CCC4=CC(=O)CC[C@]4(C)[C@@H]3CC[C@]21C. The Hall–Kier alpha value is -0.630. The van der Waals surface area contributed by atoms with Crippen LogP contribution in [0, 0.1) is 34.5 Å². The Labute approximate surface area is 140 Å². The summed E-state index contributed by atoms with van der Waals surface area (Å²) in [6, 6.07) is 0. The molecule has 0 amide bonds. The molecule has 0 aliphatic heterocycles. The number of hydrogen-bond donors (Lipinski definition) is 1. The van der Waals surface area contributed by atoms with Gasteiger partial charge >= 0.3 is 0 Å². The fourth-order valence-corrected chi connectivity index (χ4v) is 7.39. The average Bonchev–Trinajstić information content (AvgIpc) is 2.85. The molecule has 0 aromatic rings. The number of allylic oxidation sites excluding steroid dienone is 1. The van der Waals surface area contributed by atoms with E-state index in [4.69, 9.17) is 0 Å². The zero-order valence-electron chi connectivity index (χ0n) is 15.0. The van der Waals surface area contributed by atoms with Crippen molar-refractivity contribution in [2.75, 3.05) is 0 Å². The Morgan fingerprint density at radius 1 is 1.09 bits per heavy atom. The van der Waals surface area contributed by atoms with Crippen molar-refractivity contribution in [1.29, 1.82) is 0 Å². The van der Waals surface area contributed by atoms with E-state index in [1.807, 2.05) is 13.0 Å². The molecule has 3 saturated carbocycles. The molecule has 4 rings (SSSR count). The fraction of sp³-hybridized carbons (Fsp3) is 0.857. The van der Waals surface area contributed by atoms with Crippen LogP contribution in [0.4, 0.5) is 0 Å². The number of rotatable bonds is 1. The van der Waals surface area contributed by atoms with Crippen LogP contribution < -0.4 is 0 Å². The van der Waals surface area contributed by atoms with Crippen molar-refractivity contribution in [3.8, 4) is 0 Å². The lowest BCUT2D eigenvalue weighted by Crippen LogP contribution is -2.51. The third kappa shape index (κ3) is 2.13. The first-order valence-electron chi connectivity index (χ1n) is 9.78. The highest BCUT2D eigenvalue weighted by atomic mass is 16.3. The molecule has 2 nitrogen and oxygen atoms in total. The second kappa shape index (κ2) is 5.18. The fourth-order valence-electron chi connectivity index (χ4n) is 7.39. The third-order valence-corrected chi connectivity index (χ3v) is 8.62. The van der Waals surface area contributed by atoms with Crippen LogP contribution in [0.15, 0.2) is 11.6 Å². The van der Waals surface area contributed by atoms with E-state index in [9.17, 15) is 9.90 Å². The normalized spacial score (nSPS) is 50.6. The summed E-state index contributed by atoms with van der Waals surface area (Å²) in [5.74, 6) is 3.21. The number of aliphatic hydroxyl groups excluding tert-OH is 1. The van der Waals surface area contributed by atoms with E-state index >= 15 is 0 Å². The van der Waals surface area contributed by atoms with Gasteiger partial charge in [0.05, 0.1) is 6.10 Å². The number of hydrogen-bond acceptors (Lipinski definition) is 2. The standard InChI is InChI=1S/C21H32O2/c1-13(22)17-6-7-18-16-5-4-14-12-15(23)8-10-20(14,2)19(16)9-11-21(17,18)3/h12-13,16-19,22H,4-11H2,1-3H3/t13-,16+,17-,18+,19+,20-,21-/m0/s1. The highest BCUT2D eigenvalue weighted by Crippen LogP contribution is 2.66. The smallest absolute Gasteiger partial charge is 0.155 e. The summed E-state index contributed by atoms with van der Waals surface area (Å²) in [7, 11) is 0. The molecule has 7 atom stereocenters. The van der Waals surface area contributed by atoms with Crippen molar-refractivity contribution >= 4 is 5.78 Å². The zero-order chi connectivity index (χ0) is 16.4. The minimum absolute atomic E-state index is 0.163. The van der Waals surface area contributed by atoms with E-state index in [2.05, 4.69) is 13.8 Å². The van der Waals surface area contributed by atoms with Crippen LogP contribution in [0.2, 0.25) is 0 Å². The molecular weight excluding hydrogens is 284 g/mol. The average molecular weight is 316 g/mol. The first-order valence-corrected chi connectivity index (χ1v) is 9.78.